The maximum absolute atomic E-state index is 11.6. The highest BCUT2D eigenvalue weighted by atomic mass is 16.2. The van der Waals surface area contributed by atoms with Crippen molar-refractivity contribution in [3.63, 3.8) is 0 Å². The number of hydrogen-bond acceptors (Lipinski definition) is 3. The Kier molecular flexibility index (Phi) is 5.27. The molecule has 1 N–H and O–H groups in total. The number of rotatable bonds is 7. The number of carbonyl (C=O) groups is 1. The van der Waals surface area contributed by atoms with E-state index in [1.807, 2.05) is 18.7 Å². The van der Waals surface area contributed by atoms with Crippen molar-refractivity contribution in [1.29, 1.82) is 5.26 Å². The minimum atomic E-state index is -0.0174. The van der Waals surface area contributed by atoms with Gasteiger partial charge >= 0.3 is 0 Å². The van der Waals surface area contributed by atoms with E-state index in [9.17, 15) is 4.79 Å². The molecule has 1 unspecified atom stereocenters. The van der Waals surface area contributed by atoms with Crippen molar-refractivity contribution in [3.8, 4) is 6.07 Å². The van der Waals surface area contributed by atoms with Crippen LogP contribution in [0.2, 0.25) is 0 Å². The molecule has 0 aromatic rings. The Balaban J connectivity index is 2.19. The highest BCUT2D eigenvalue weighted by Crippen LogP contribution is 2.27. The molecule has 0 heterocycles. The summed E-state index contributed by atoms with van der Waals surface area (Å²) in [5.41, 5.74) is 0. The number of nitriles is 1. The molecule has 1 atom stereocenters. The fourth-order valence-electron chi connectivity index (χ4n) is 1.57. The summed E-state index contributed by atoms with van der Waals surface area (Å²) < 4.78 is 0. The topological polar surface area (TPSA) is 56.1 Å². The third-order valence-electron chi connectivity index (χ3n) is 2.85. The van der Waals surface area contributed by atoms with E-state index in [0.29, 0.717) is 13.1 Å². The van der Waals surface area contributed by atoms with Crippen molar-refractivity contribution >= 4 is 5.91 Å². The summed E-state index contributed by atoms with van der Waals surface area (Å²) in [7, 11) is 0. The molecule has 1 rings (SSSR count). The average Bonchev–Trinajstić information content (AvgIpc) is 3.09. The van der Waals surface area contributed by atoms with Gasteiger partial charge in [0.05, 0.1) is 18.5 Å². The van der Waals surface area contributed by atoms with E-state index in [0.717, 1.165) is 19.0 Å². The Hall–Kier alpha value is -1.08. The molecule has 90 valence electrons. The van der Waals surface area contributed by atoms with Crippen LogP contribution in [0.15, 0.2) is 0 Å². The third-order valence-corrected chi connectivity index (χ3v) is 2.85. The monoisotopic (exact) mass is 223 g/mol. The molecule has 0 aromatic heterocycles. The fourth-order valence-corrected chi connectivity index (χ4v) is 1.57. The molecule has 1 aliphatic carbocycles. The molecule has 0 aromatic carbocycles. The predicted octanol–water partition coefficient (Wildman–Crippen LogP) is 0.994. The summed E-state index contributed by atoms with van der Waals surface area (Å²) in [4.78, 5) is 13.6. The lowest BCUT2D eigenvalue weighted by Crippen LogP contribution is -2.39. The van der Waals surface area contributed by atoms with Gasteiger partial charge < -0.3 is 5.32 Å². The minimum absolute atomic E-state index is 0.0174. The van der Waals surface area contributed by atoms with E-state index < -0.39 is 0 Å². The quantitative estimate of drug-likeness (QED) is 0.700. The number of amides is 1. The van der Waals surface area contributed by atoms with E-state index in [1.165, 1.54) is 12.8 Å². The normalized spacial score (nSPS) is 16.9. The van der Waals surface area contributed by atoms with Crippen molar-refractivity contribution in [2.75, 3.05) is 26.2 Å². The molecular weight excluding hydrogens is 202 g/mol. The Labute approximate surface area is 97.6 Å². The highest BCUT2D eigenvalue weighted by molar-refractivity contribution is 5.78. The first-order valence-corrected chi connectivity index (χ1v) is 6.04. The fraction of sp³-hybridized carbons (Fsp3) is 0.833. The first-order chi connectivity index (χ1) is 7.65. The van der Waals surface area contributed by atoms with Crippen molar-refractivity contribution in [2.24, 2.45) is 11.8 Å². The van der Waals surface area contributed by atoms with Gasteiger partial charge in [-0.3, -0.25) is 9.69 Å². The molecule has 0 radical (unpaired) electrons. The van der Waals surface area contributed by atoms with Gasteiger partial charge in [-0.2, -0.15) is 5.26 Å². The molecule has 0 bridgehead atoms. The molecular formula is C12H21N3O. The summed E-state index contributed by atoms with van der Waals surface area (Å²) in [5, 5.41) is 11.7. The summed E-state index contributed by atoms with van der Waals surface area (Å²) in [6.07, 6.45) is 2.51. The SMILES string of the molecule is CCN(CC(=O)NCC1CC1)CC(C)C#N. The van der Waals surface area contributed by atoms with Gasteiger partial charge in [0.2, 0.25) is 5.91 Å². The van der Waals surface area contributed by atoms with Crippen molar-refractivity contribution in [2.45, 2.75) is 26.7 Å². The van der Waals surface area contributed by atoms with Crippen LogP contribution in [0.1, 0.15) is 26.7 Å². The molecule has 0 spiro atoms. The van der Waals surface area contributed by atoms with Crippen LogP contribution in [0.4, 0.5) is 0 Å². The Morgan fingerprint density at radius 1 is 1.62 bits per heavy atom. The van der Waals surface area contributed by atoms with Gasteiger partial charge in [0.15, 0.2) is 0 Å². The highest BCUT2D eigenvalue weighted by Gasteiger charge is 2.22. The largest absolute Gasteiger partial charge is 0.355 e. The number of nitrogens with one attached hydrogen (secondary N) is 1. The second-order valence-corrected chi connectivity index (χ2v) is 4.61. The smallest absolute Gasteiger partial charge is 0.234 e. The lowest BCUT2D eigenvalue weighted by Gasteiger charge is -2.20. The van der Waals surface area contributed by atoms with E-state index in [1.54, 1.807) is 0 Å². The van der Waals surface area contributed by atoms with Crippen molar-refractivity contribution in [3.05, 3.63) is 0 Å². The second kappa shape index (κ2) is 6.49. The van der Waals surface area contributed by atoms with Gasteiger partial charge in [0, 0.05) is 13.1 Å². The van der Waals surface area contributed by atoms with Crippen LogP contribution >= 0.6 is 0 Å². The summed E-state index contributed by atoms with van der Waals surface area (Å²) >= 11 is 0. The van der Waals surface area contributed by atoms with E-state index in [4.69, 9.17) is 5.26 Å². The molecule has 4 heteroatoms. The first kappa shape index (κ1) is 13.0. The standard InChI is InChI=1S/C12H21N3O/c1-3-15(8-10(2)6-13)9-12(16)14-7-11-4-5-11/h10-11H,3-5,7-9H2,1-2H3,(H,14,16). The molecule has 4 nitrogen and oxygen atoms in total. The molecule has 0 aliphatic heterocycles. The van der Waals surface area contributed by atoms with Gasteiger partial charge in [-0.15, -0.1) is 0 Å². The maximum Gasteiger partial charge on any atom is 0.234 e. The number of carbonyl (C=O) groups excluding carboxylic acids is 1. The van der Waals surface area contributed by atoms with Crippen LogP contribution in [0.3, 0.4) is 0 Å². The zero-order valence-electron chi connectivity index (χ0n) is 10.2. The van der Waals surface area contributed by atoms with Gasteiger partial charge in [0.1, 0.15) is 0 Å². The molecule has 1 aliphatic rings. The number of nitrogens with zero attached hydrogens (tertiary/aromatic N) is 2. The molecule has 1 saturated carbocycles. The van der Waals surface area contributed by atoms with E-state index in [-0.39, 0.29) is 11.8 Å². The molecule has 1 amide bonds. The Morgan fingerprint density at radius 3 is 2.81 bits per heavy atom. The summed E-state index contributed by atoms with van der Waals surface area (Å²) in [6, 6.07) is 2.19. The molecule has 1 fully saturated rings. The second-order valence-electron chi connectivity index (χ2n) is 4.61. The van der Waals surface area contributed by atoms with Crippen LogP contribution in [-0.4, -0.2) is 37.0 Å². The summed E-state index contributed by atoms with van der Waals surface area (Å²) in [6.45, 7) is 6.61. The number of likely N-dealkylation sites (N-methyl/N-ethyl adjacent to an activating group) is 1. The van der Waals surface area contributed by atoms with E-state index >= 15 is 0 Å². The van der Waals surface area contributed by atoms with Crippen molar-refractivity contribution < 1.29 is 4.79 Å². The van der Waals surface area contributed by atoms with Crippen molar-refractivity contribution in [1.82, 2.24) is 10.2 Å². The lowest BCUT2D eigenvalue weighted by molar-refractivity contribution is -0.122. The van der Waals surface area contributed by atoms with Gasteiger partial charge in [0.25, 0.3) is 0 Å². The van der Waals surface area contributed by atoms with Crippen LogP contribution < -0.4 is 5.32 Å². The van der Waals surface area contributed by atoms with Crippen LogP contribution in [-0.2, 0) is 4.79 Å². The van der Waals surface area contributed by atoms with Gasteiger partial charge in [-0.25, -0.2) is 0 Å². The predicted molar refractivity (Wildman–Crippen MR) is 62.6 cm³/mol. The first-order valence-electron chi connectivity index (χ1n) is 6.04. The van der Waals surface area contributed by atoms with Gasteiger partial charge in [-0.1, -0.05) is 6.92 Å². The van der Waals surface area contributed by atoms with Crippen LogP contribution in [0, 0.1) is 23.2 Å². The summed E-state index contributed by atoms with van der Waals surface area (Å²) in [5.74, 6) is 0.784. The zero-order chi connectivity index (χ0) is 12.0. The Morgan fingerprint density at radius 2 is 2.31 bits per heavy atom. The average molecular weight is 223 g/mol. The maximum atomic E-state index is 11.6. The van der Waals surface area contributed by atoms with E-state index in [2.05, 4.69) is 11.4 Å². The van der Waals surface area contributed by atoms with Crippen LogP contribution in [0.5, 0.6) is 0 Å². The Bertz CT molecular complexity index is 268. The molecule has 16 heavy (non-hydrogen) atoms. The minimum Gasteiger partial charge on any atom is -0.355 e. The molecule has 0 saturated heterocycles. The lowest BCUT2D eigenvalue weighted by atomic mass is 10.2. The zero-order valence-corrected chi connectivity index (χ0v) is 10.2. The third kappa shape index (κ3) is 5.13. The number of hydrogen-bond donors (Lipinski definition) is 1. The van der Waals surface area contributed by atoms with Gasteiger partial charge in [-0.05, 0) is 32.2 Å². The van der Waals surface area contributed by atoms with Crippen LogP contribution in [0.25, 0.3) is 0 Å².